The summed E-state index contributed by atoms with van der Waals surface area (Å²) in [5, 5.41) is 0. The number of rotatable bonds is 7. The fourth-order valence-corrected chi connectivity index (χ4v) is 3.80. The third-order valence-corrected chi connectivity index (χ3v) is 5.41. The molecular weight excluding hydrogens is 297 g/mol. The van der Waals surface area contributed by atoms with E-state index in [0.717, 1.165) is 16.8 Å². The molecule has 0 N–H and O–H groups in total. The summed E-state index contributed by atoms with van der Waals surface area (Å²) >= 11 is 0. The molecule has 0 bridgehead atoms. The number of hydrogen-bond acceptors (Lipinski definition) is 3. The zero-order valence-electron chi connectivity index (χ0n) is 13.2. The SMILES string of the molecule is CCOP(=O)(OCC)N(C)c1ccccc1-c1ccccc1. The first-order valence-corrected chi connectivity index (χ1v) is 8.89. The highest BCUT2D eigenvalue weighted by Gasteiger charge is 2.31. The maximum atomic E-state index is 13.0. The molecule has 0 fully saturated rings. The molecule has 4 nitrogen and oxygen atoms in total. The van der Waals surface area contributed by atoms with Crippen molar-refractivity contribution < 1.29 is 13.6 Å². The van der Waals surface area contributed by atoms with Crippen LogP contribution in [0.2, 0.25) is 0 Å². The summed E-state index contributed by atoms with van der Waals surface area (Å²) in [4.78, 5) is 0. The fraction of sp³-hybridized carbons (Fsp3) is 0.294. The van der Waals surface area contributed by atoms with E-state index in [4.69, 9.17) is 9.05 Å². The Bertz CT molecular complexity index is 635. The first-order chi connectivity index (χ1) is 10.6. The van der Waals surface area contributed by atoms with E-state index in [-0.39, 0.29) is 0 Å². The molecule has 0 saturated carbocycles. The molecule has 2 aromatic rings. The van der Waals surface area contributed by atoms with Crippen molar-refractivity contribution in [2.24, 2.45) is 0 Å². The molecule has 0 unspecified atom stereocenters. The molecule has 0 amide bonds. The van der Waals surface area contributed by atoms with Crippen molar-refractivity contribution in [1.82, 2.24) is 0 Å². The topological polar surface area (TPSA) is 38.8 Å². The Balaban J connectivity index is 2.46. The van der Waals surface area contributed by atoms with Crippen LogP contribution in [0.25, 0.3) is 11.1 Å². The van der Waals surface area contributed by atoms with Gasteiger partial charge in [-0.15, -0.1) is 0 Å². The van der Waals surface area contributed by atoms with Gasteiger partial charge in [0.25, 0.3) is 0 Å². The quantitative estimate of drug-likeness (QED) is 0.675. The van der Waals surface area contributed by atoms with Crippen LogP contribution >= 0.6 is 7.75 Å². The van der Waals surface area contributed by atoms with Gasteiger partial charge in [-0.2, -0.15) is 0 Å². The number of anilines is 1. The Labute approximate surface area is 132 Å². The van der Waals surface area contributed by atoms with Crippen molar-refractivity contribution in [2.45, 2.75) is 13.8 Å². The number of hydrogen-bond donors (Lipinski definition) is 0. The van der Waals surface area contributed by atoms with E-state index in [1.807, 2.05) is 68.4 Å². The van der Waals surface area contributed by atoms with Crippen molar-refractivity contribution in [3.63, 3.8) is 0 Å². The molecule has 118 valence electrons. The Morgan fingerprint density at radius 3 is 2.05 bits per heavy atom. The smallest absolute Gasteiger partial charge is 0.292 e. The van der Waals surface area contributed by atoms with Gasteiger partial charge in [0.05, 0.1) is 18.9 Å². The standard InChI is InChI=1S/C17H22NO3P/c1-4-20-22(19,21-5-2)18(3)17-14-10-9-13-16(17)15-11-7-6-8-12-15/h6-14H,4-5H2,1-3H3. The van der Waals surface area contributed by atoms with E-state index in [2.05, 4.69) is 0 Å². The molecule has 0 radical (unpaired) electrons. The highest BCUT2D eigenvalue weighted by molar-refractivity contribution is 7.55. The molecule has 22 heavy (non-hydrogen) atoms. The second-order valence-electron chi connectivity index (χ2n) is 4.71. The minimum Gasteiger partial charge on any atom is -0.292 e. The van der Waals surface area contributed by atoms with Gasteiger partial charge in [-0.3, -0.25) is 13.7 Å². The second kappa shape index (κ2) is 7.59. The van der Waals surface area contributed by atoms with E-state index >= 15 is 0 Å². The van der Waals surface area contributed by atoms with E-state index in [0.29, 0.717) is 13.2 Å². The van der Waals surface area contributed by atoms with E-state index in [1.165, 1.54) is 0 Å². The predicted octanol–water partition coefficient (Wildman–Crippen LogP) is 4.97. The fourth-order valence-electron chi connectivity index (χ4n) is 2.29. The second-order valence-corrected chi connectivity index (χ2v) is 6.76. The van der Waals surface area contributed by atoms with Gasteiger partial charge in [0.1, 0.15) is 0 Å². The van der Waals surface area contributed by atoms with Crippen LogP contribution in [0.4, 0.5) is 5.69 Å². The molecular formula is C17H22NO3P. The van der Waals surface area contributed by atoms with Crippen molar-refractivity contribution in [3.05, 3.63) is 54.6 Å². The summed E-state index contributed by atoms with van der Waals surface area (Å²) in [5.41, 5.74) is 2.87. The molecule has 5 heteroatoms. The van der Waals surface area contributed by atoms with Gasteiger partial charge in [0, 0.05) is 12.6 Å². The van der Waals surface area contributed by atoms with Crippen LogP contribution in [0, 0.1) is 0 Å². The largest absolute Gasteiger partial charge is 0.435 e. The Morgan fingerprint density at radius 1 is 0.909 bits per heavy atom. The Hall–Kier alpha value is -1.61. The van der Waals surface area contributed by atoms with Gasteiger partial charge < -0.3 is 0 Å². The maximum absolute atomic E-state index is 13.0. The average Bonchev–Trinajstić information content (AvgIpc) is 2.55. The molecule has 0 aliphatic heterocycles. The average molecular weight is 319 g/mol. The third kappa shape index (κ3) is 3.58. The van der Waals surface area contributed by atoms with Crippen LogP contribution < -0.4 is 4.67 Å². The summed E-state index contributed by atoms with van der Waals surface area (Å²) in [6.07, 6.45) is 0. The van der Waals surface area contributed by atoms with Gasteiger partial charge in [-0.05, 0) is 25.5 Å². The summed E-state index contributed by atoms with van der Waals surface area (Å²) < 4.78 is 25.5. The van der Waals surface area contributed by atoms with Crippen LogP contribution in [-0.4, -0.2) is 20.3 Å². The predicted molar refractivity (Wildman–Crippen MR) is 91.1 cm³/mol. The van der Waals surface area contributed by atoms with E-state index < -0.39 is 7.75 Å². The van der Waals surface area contributed by atoms with Crippen molar-refractivity contribution >= 4 is 13.4 Å². The lowest BCUT2D eigenvalue weighted by Crippen LogP contribution is -2.18. The summed E-state index contributed by atoms with van der Waals surface area (Å²) in [6.45, 7) is 4.27. The number of para-hydroxylation sites is 1. The molecule has 0 saturated heterocycles. The van der Waals surface area contributed by atoms with Gasteiger partial charge in [-0.1, -0.05) is 48.5 Å². The minimum atomic E-state index is -3.35. The third-order valence-electron chi connectivity index (χ3n) is 3.29. The van der Waals surface area contributed by atoms with E-state index in [1.54, 1.807) is 11.7 Å². The first-order valence-electron chi connectivity index (χ1n) is 7.40. The summed E-state index contributed by atoms with van der Waals surface area (Å²) in [7, 11) is -1.60. The van der Waals surface area contributed by atoms with Crippen molar-refractivity contribution in [2.75, 3.05) is 24.9 Å². The van der Waals surface area contributed by atoms with Gasteiger partial charge in [0.15, 0.2) is 0 Å². The molecule has 2 rings (SSSR count). The highest BCUT2D eigenvalue weighted by Crippen LogP contribution is 2.54. The molecule has 0 aliphatic rings. The Morgan fingerprint density at radius 2 is 1.45 bits per heavy atom. The van der Waals surface area contributed by atoms with Gasteiger partial charge >= 0.3 is 7.75 Å². The van der Waals surface area contributed by atoms with Crippen molar-refractivity contribution in [1.29, 1.82) is 0 Å². The molecule has 0 atom stereocenters. The van der Waals surface area contributed by atoms with Crippen LogP contribution in [0.3, 0.4) is 0 Å². The van der Waals surface area contributed by atoms with Gasteiger partial charge in [-0.25, -0.2) is 4.57 Å². The monoisotopic (exact) mass is 319 g/mol. The molecule has 0 heterocycles. The lowest BCUT2D eigenvalue weighted by Gasteiger charge is -2.29. The number of nitrogens with zero attached hydrogens (tertiary/aromatic N) is 1. The maximum Gasteiger partial charge on any atom is 0.435 e. The summed E-state index contributed by atoms with van der Waals surface area (Å²) in [6, 6.07) is 17.8. The first kappa shape index (κ1) is 16.8. The van der Waals surface area contributed by atoms with Crippen LogP contribution in [0.5, 0.6) is 0 Å². The zero-order chi connectivity index (χ0) is 16.0. The van der Waals surface area contributed by atoms with Crippen molar-refractivity contribution in [3.8, 4) is 11.1 Å². The molecule has 0 aliphatic carbocycles. The highest BCUT2D eigenvalue weighted by atomic mass is 31.2. The van der Waals surface area contributed by atoms with Crippen LogP contribution in [-0.2, 0) is 13.6 Å². The number of benzene rings is 2. The molecule has 0 aromatic heterocycles. The van der Waals surface area contributed by atoms with Crippen LogP contribution in [0.15, 0.2) is 54.6 Å². The Kier molecular flexibility index (Phi) is 5.78. The lowest BCUT2D eigenvalue weighted by atomic mass is 10.0. The normalized spacial score (nSPS) is 11.4. The van der Waals surface area contributed by atoms with Gasteiger partial charge in [0.2, 0.25) is 0 Å². The zero-order valence-corrected chi connectivity index (χ0v) is 14.1. The summed E-state index contributed by atoms with van der Waals surface area (Å²) in [5.74, 6) is 0. The molecule has 0 spiro atoms. The lowest BCUT2D eigenvalue weighted by molar-refractivity contribution is 0.219. The molecule has 2 aromatic carbocycles. The van der Waals surface area contributed by atoms with Crippen LogP contribution in [0.1, 0.15) is 13.8 Å². The minimum absolute atomic E-state index is 0.328. The van der Waals surface area contributed by atoms with E-state index in [9.17, 15) is 4.57 Å².